The molecular weight excluding hydrogens is 297 g/mol. The summed E-state index contributed by atoms with van der Waals surface area (Å²) in [6.07, 6.45) is 4.36. The Kier molecular flexibility index (Phi) is 4.17. The summed E-state index contributed by atoms with van der Waals surface area (Å²) in [6, 6.07) is 6.32. The van der Waals surface area contributed by atoms with E-state index in [-0.39, 0.29) is 18.1 Å². The molecule has 1 aromatic heterocycles. The summed E-state index contributed by atoms with van der Waals surface area (Å²) in [5.41, 5.74) is -0.602. The van der Waals surface area contributed by atoms with Gasteiger partial charge in [0, 0.05) is 45.4 Å². The molecule has 122 valence electrons. The van der Waals surface area contributed by atoms with Crippen LogP contribution >= 0.6 is 0 Å². The van der Waals surface area contributed by atoms with Gasteiger partial charge in [-0.3, -0.25) is 4.79 Å². The molecule has 0 aliphatic carbocycles. The molecule has 1 saturated heterocycles. The molecule has 23 heavy (non-hydrogen) atoms. The van der Waals surface area contributed by atoms with Gasteiger partial charge in [-0.05, 0) is 11.6 Å². The number of hydrogen-bond donors (Lipinski definition) is 1. The lowest BCUT2D eigenvalue weighted by atomic mass is 9.90. The Balaban J connectivity index is 1.64. The summed E-state index contributed by atoms with van der Waals surface area (Å²) in [6.45, 7) is 0.882. The molecule has 1 aliphatic heterocycles. The Labute approximate surface area is 134 Å². The van der Waals surface area contributed by atoms with Crippen LogP contribution in [0.5, 0.6) is 0 Å². The van der Waals surface area contributed by atoms with Crippen molar-refractivity contribution in [1.82, 2.24) is 14.5 Å². The third kappa shape index (κ3) is 3.12. The number of carbonyl (C=O) groups excluding carboxylic acids is 1. The third-order valence-corrected chi connectivity index (χ3v) is 4.48. The lowest BCUT2D eigenvalue weighted by Crippen LogP contribution is -2.46. The van der Waals surface area contributed by atoms with Crippen molar-refractivity contribution in [2.75, 3.05) is 13.1 Å². The number of hydrogen-bond acceptors (Lipinski definition) is 3. The minimum absolute atomic E-state index is 0.0491. The zero-order chi connectivity index (χ0) is 16.4. The van der Waals surface area contributed by atoms with Crippen molar-refractivity contribution in [2.45, 2.75) is 24.9 Å². The largest absolute Gasteiger partial charge is 0.382 e. The first-order chi connectivity index (χ1) is 11.0. The monoisotopic (exact) mass is 317 g/mol. The molecule has 0 atom stereocenters. The van der Waals surface area contributed by atoms with Crippen LogP contribution in [0.2, 0.25) is 0 Å². The third-order valence-electron chi connectivity index (χ3n) is 4.48. The second-order valence-corrected chi connectivity index (χ2v) is 6.04. The van der Waals surface area contributed by atoms with E-state index in [1.165, 1.54) is 6.07 Å². The average Bonchev–Trinajstić information content (AvgIpc) is 2.97. The zero-order valence-corrected chi connectivity index (χ0v) is 13.1. The molecule has 0 bridgehead atoms. The van der Waals surface area contributed by atoms with Gasteiger partial charge in [0.15, 0.2) is 0 Å². The van der Waals surface area contributed by atoms with Crippen molar-refractivity contribution in [3.8, 4) is 0 Å². The van der Waals surface area contributed by atoms with Gasteiger partial charge >= 0.3 is 0 Å². The molecule has 1 amide bonds. The number of aromatic nitrogens is 2. The van der Waals surface area contributed by atoms with Gasteiger partial charge in [0.25, 0.3) is 0 Å². The smallest absolute Gasteiger partial charge is 0.227 e. The number of aliphatic hydroxyl groups is 1. The molecule has 0 spiro atoms. The van der Waals surface area contributed by atoms with Crippen LogP contribution in [0.15, 0.2) is 36.7 Å². The maximum absolute atomic E-state index is 13.6. The van der Waals surface area contributed by atoms with E-state index in [4.69, 9.17) is 0 Å². The molecule has 0 unspecified atom stereocenters. The number of amides is 1. The summed E-state index contributed by atoms with van der Waals surface area (Å²) < 4.78 is 15.5. The standard InChI is InChI=1S/C17H20FN3O2/c1-20-11-8-19-16(20)17(23)6-9-21(10-7-17)15(22)12-13-4-2-3-5-14(13)18/h2-5,8,11,23H,6-7,9-10,12H2,1H3. The molecule has 1 N–H and O–H groups in total. The summed E-state index contributed by atoms with van der Waals surface area (Å²) in [4.78, 5) is 18.2. The van der Waals surface area contributed by atoms with E-state index in [1.807, 2.05) is 7.05 Å². The first-order valence-electron chi connectivity index (χ1n) is 7.71. The zero-order valence-electron chi connectivity index (χ0n) is 13.1. The van der Waals surface area contributed by atoms with Crippen molar-refractivity contribution in [3.63, 3.8) is 0 Å². The van der Waals surface area contributed by atoms with Gasteiger partial charge in [0.05, 0.1) is 6.42 Å². The number of piperidine rings is 1. The molecule has 5 nitrogen and oxygen atoms in total. The van der Waals surface area contributed by atoms with Gasteiger partial charge in [0.2, 0.25) is 5.91 Å². The van der Waals surface area contributed by atoms with Crippen molar-refractivity contribution < 1.29 is 14.3 Å². The Hall–Kier alpha value is -2.21. The van der Waals surface area contributed by atoms with Gasteiger partial charge in [-0.1, -0.05) is 18.2 Å². The van der Waals surface area contributed by atoms with E-state index in [1.54, 1.807) is 40.1 Å². The highest BCUT2D eigenvalue weighted by Gasteiger charge is 2.38. The quantitative estimate of drug-likeness (QED) is 0.936. The lowest BCUT2D eigenvalue weighted by molar-refractivity contribution is -0.135. The van der Waals surface area contributed by atoms with E-state index in [0.29, 0.717) is 37.3 Å². The van der Waals surface area contributed by atoms with Crippen LogP contribution in [0.25, 0.3) is 0 Å². The van der Waals surface area contributed by atoms with Gasteiger partial charge in [-0.2, -0.15) is 0 Å². The number of halogens is 1. The van der Waals surface area contributed by atoms with Gasteiger partial charge in [0.1, 0.15) is 17.2 Å². The molecule has 1 aromatic carbocycles. The van der Waals surface area contributed by atoms with E-state index < -0.39 is 5.60 Å². The fourth-order valence-corrected chi connectivity index (χ4v) is 3.08. The fraction of sp³-hybridized carbons (Fsp3) is 0.412. The molecule has 2 heterocycles. The summed E-state index contributed by atoms with van der Waals surface area (Å²) >= 11 is 0. The van der Waals surface area contributed by atoms with E-state index in [9.17, 15) is 14.3 Å². The van der Waals surface area contributed by atoms with E-state index in [2.05, 4.69) is 4.98 Å². The van der Waals surface area contributed by atoms with Crippen molar-refractivity contribution in [1.29, 1.82) is 0 Å². The normalized spacial score (nSPS) is 17.3. The van der Waals surface area contributed by atoms with Crippen LogP contribution in [0.4, 0.5) is 4.39 Å². The molecule has 1 aliphatic rings. The SMILES string of the molecule is Cn1ccnc1C1(O)CCN(C(=O)Cc2ccccc2F)CC1. The minimum Gasteiger partial charge on any atom is -0.382 e. The molecule has 0 radical (unpaired) electrons. The maximum atomic E-state index is 13.6. The maximum Gasteiger partial charge on any atom is 0.227 e. The number of benzene rings is 1. The number of carbonyl (C=O) groups is 1. The van der Waals surface area contributed by atoms with E-state index in [0.717, 1.165) is 0 Å². The van der Waals surface area contributed by atoms with Crippen LogP contribution < -0.4 is 0 Å². The second-order valence-electron chi connectivity index (χ2n) is 6.04. The van der Waals surface area contributed by atoms with Crippen LogP contribution in [-0.2, 0) is 23.9 Å². The first kappa shape index (κ1) is 15.7. The second kappa shape index (κ2) is 6.12. The summed E-state index contributed by atoms with van der Waals surface area (Å²) in [5, 5.41) is 10.8. The van der Waals surface area contributed by atoms with Gasteiger partial charge in [-0.15, -0.1) is 0 Å². The first-order valence-corrected chi connectivity index (χ1v) is 7.71. The van der Waals surface area contributed by atoms with Crippen LogP contribution in [0.3, 0.4) is 0 Å². The number of aryl methyl sites for hydroxylation is 1. The van der Waals surface area contributed by atoms with Gasteiger partial charge < -0.3 is 14.6 Å². The highest BCUT2D eigenvalue weighted by Crippen LogP contribution is 2.31. The Morgan fingerprint density at radius 3 is 2.65 bits per heavy atom. The molecule has 3 rings (SSSR count). The highest BCUT2D eigenvalue weighted by molar-refractivity contribution is 5.79. The Morgan fingerprint density at radius 2 is 2.04 bits per heavy atom. The number of likely N-dealkylation sites (tertiary alicyclic amines) is 1. The van der Waals surface area contributed by atoms with Crippen molar-refractivity contribution in [3.05, 3.63) is 53.9 Å². The highest BCUT2D eigenvalue weighted by atomic mass is 19.1. The van der Waals surface area contributed by atoms with Crippen LogP contribution in [-0.4, -0.2) is 38.6 Å². The summed E-state index contributed by atoms with van der Waals surface area (Å²) in [5.74, 6) is 0.151. The molecule has 1 fully saturated rings. The van der Waals surface area contributed by atoms with Crippen LogP contribution in [0.1, 0.15) is 24.2 Å². The van der Waals surface area contributed by atoms with Crippen LogP contribution in [0, 0.1) is 5.82 Å². The Morgan fingerprint density at radius 1 is 1.35 bits per heavy atom. The lowest BCUT2D eigenvalue weighted by Gasteiger charge is -2.37. The fourth-order valence-electron chi connectivity index (χ4n) is 3.08. The number of imidazole rings is 1. The Bertz CT molecular complexity index is 705. The van der Waals surface area contributed by atoms with E-state index >= 15 is 0 Å². The predicted octanol–water partition coefficient (Wildman–Crippen LogP) is 1.61. The number of rotatable bonds is 3. The van der Waals surface area contributed by atoms with Gasteiger partial charge in [-0.25, -0.2) is 9.37 Å². The van der Waals surface area contributed by atoms with Crippen molar-refractivity contribution in [2.24, 2.45) is 7.05 Å². The molecule has 0 saturated carbocycles. The molecular formula is C17H20FN3O2. The summed E-state index contributed by atoms with van der Waals surface area (Å²) in [7, 11) is 1.84. The molecule has 6 heteroatoms. The topological polar surface area (TPSA) is 58.4 Å². The molecule has 2 aromatic rings. The average molecular weight is 317 g/mol. The van der Waals surface area contributed by atoms with Crippen molar-refractivity contribution >= 4 is 5.91 Å². The minimum atomic E-state index is -1.01. The number of nitrogens with zero attached hydrogens (tertiary/aromatic N) is 3. The predicted molar refractivity (Wildman–Crippen MR) is 83.0 cm³/mol.